The number of ether oxygens (including phenoxy) is 1. The summed E-state index contributed by atoms with van der Waals surface area (Å²) >= 11 is 12.6. The van der Waals surface area contributed by atoms with Crippen molar-refractivity contribution in [2.45, 2.75) is 38.3 Å². The van der Waals surface area contributed by atoms with Crippen LogP contribution >= 0.6 is 23.2 Å². The molecule has 204 valence electrons. The van der Waals surface area contributed by atoms with Crippen molar-refractivity contribution in [1.82, 2.24) is 15.1 Å². The molecular formula is C28H34Cl2N4O4. The number of hydrogen-bond donors (Lipinski definition) is 1. The molecule has 4 rings (SSSR count). The van der Waals surface area contributed by atoms with Gasteiger partial charge in [-0.15, -0.1) is 0 Å². The highest BCUT2D eigenvalue weighted by atomic mass is 35.5. The number of benzene rings is 2. The molecule has 2 heterocycles. The minimum Gasteiger partial charge on any atom is -0.493 e. The molecule has 0 spiro atoms. The number of amides is 2. The molecule has 0 saturated carbocycles. The molecule has 2 aliphatic rings. The van der Waals surface area contributed by atoms with E-state index in [1.54, 1.807) is 30.0 Å². The molecule has 0 aliphatic carbocycles. The molecule has 2 amide bonds. The Morgan fingerprint density at radius 3 is 2.58 bits per heavy atom. The molecule has 0 radical (unpaired) electrons. The number of hydrogen-bond acceptors (Lipinski definition) is 6. The predicted octanol–water partition coefficient (Wildman–Crippen LogP) is 4.02. The normalized spacial score (nSPS) is 17.2. The molecule has 2 aromatic rings. The maximum absolute atomic E-state index is 13.3. The van der Waals surface area contributed by atoms with E-state index in [0.717, 1.165) is 56.7 Å². The van der Waals surface area contributed by atoms with E-state index >= 15 is 0 Å². The third-order valence-corrected chi connectivity index (χ3v) is 8.32. The third kappa shape index (κ3) is 5.77. The van der Waals surface area contributed by atoms with Crippen molar-refractivity contribution in [3.8, 4) is 5.75 Å². The standard InChI is InChI=1S/C28H34Cl2N4O4/c1-28(11-5-17-35,27(37)31-2)34-19-21-20(26(34)36)7-3-10-24(21)38-18-6-12-32-13-15-33(16-14-32)23-9-4-8-22(29)25(23)30/h3-4,7-10,17H,5-6,11-16,18-19H2,1-2H3,(H,31,37)/t28-/m0/s1. The number of piperazine rings is 1. The summed E-state index contributed by atoms with van der Waals surface area (Å²) in [5, 5.41) is 3.81. The highest BCUT2D eigenvalue weighted by molar-refractivity contribution is 6.43. The van der Waals surface area contributed by atoms with Crippen molar-refractivity contribution in [3.63, 3.8) is 0 Å². The van der Waals surface area contributed by atoms with Gasteiger partial charge in [-0.3, -0.25) is 14.5 Å². The Labute approximate surface area is 233 Å². The first-order valence-corrected chi connectivity index (χ1v) is 13.7. The van der Waals surface area contributed by atoms with E-state index in [0.29, 0.717) is 28.0 Å². The predicted molar refractivity (Wildman–Crippen MR) is 149 cm³/mol. The Bertz CT molecular complexity index is 1190. The molecule has 0 aromatic heterocycles. The van der Waals surface area contributed by atoms with Crippen LogP contribution in [0.25, 0.3) is 0 Å². The summed E-state index contributed by atoms with van der Waals surface area (Å²) in [7, 11) is 1.54. The van der Waals surface area contributed by atoms with Crippen LogP contribution in [0.3, 0.4) is 0 Å². The molecule has 1 saturated heterocycles. The molecule has 1 N–H and O–H groups in total. The van der Waals surface area contributed by atoms with E-state index in [1.165, 1.54) is 7.05 Å². The molecule has 0 bridgehead atoms. The van der Waals surface area contributed by atoms with Crippen molar-refractivity contribution in [2.75, 3.05) is 51.3 Å². The molecule has 38 heavy (non-hydrogen) atoms. The zero-order chi connectivity index (χ0) is 27.3. The number of nitrogens with one attached hydrogen (secondary N) is 1. The minimum atomic E-state index is -1.12. The Balaban J connectivity index is 1.31. The lowest BCUT2D eigenvalue weighted by atomic mass is 9.92. The maximum atomic E-state index is 13.3. The number of likely N-dealkylation sites (N-methyl/N-ethyl adjacent to an activating group) is 1. The number of anilines is 1. The van der Waals surface area contributed by atoms with E-state index in [9.17, 15) is 14.4 Å². The van der Waals surface area contributed by atoms with Gasteiger partial charge in [0, 0.05) is 57.3 Å². The third-order valence-electron chi connectivity index (χ3n) is 7.51. The van der Waals surface area contributed by atoms with Crippen molar-refractivity contribution in [2.24, 2.45) is 0 Å². The van der Waals surface area contributed by atoms with Crippen LogP contribution in [-0.4, -0.2) is 79.8 Å². The quantitative estimate of drug-likeness (QED) is 0.330. The van der Waals surface area contributed by atoms with E-state index in [1.807, 2.05) is 18.2 Å². The first-order valence-electron chi connectivity index (χ1n) is 12.9. The van der Waals surface area contributed by atoms with E-state index in [2.05, 4.69) is 15.1 Å². The first kappa shape index (κ1) is 28.2. The molecule has 2 aromatic carbocycles. The monoisotopic (exact) mass is 560 g/mol. The first-order chi connectivity index (χ1) is 18.3. The van der Waals surface area contributed by atoms with Crippen LogP contribution in [0.4, 0.5) is 5.69 Å². The summed E-state index contributed by atoms with van der Waals surface area (Å²) in [6.45, 7) is 6.98. The molecule has 2 aliphatic heterocycles. The van der Waals surface area contributed by atoms with Gasteiger partial charge in [-0.25, -0.2) is 0 Å². The fourth-order valence-electron chi connectivity index (χ4n) is 5.24. The fraction of sp³-hybridized carbons (Fsp3) is 0.464. The van der Waals surface area contributed by atoms with Crippen molar-refractivity contribution in [3.05, 3.63) is 57.6 Å². The lowest BCUT2D eigenvalue weighted by molar-refractivity contribution is -0.131. The Morgan fingerprint density at radius 1 is 1.13 bits per heavy atom. The number of carbonyl (C=O) groups is 3. The summed E-state index contributed by atoms with van der Waals surface area (Å²) in [4.78, 5) is 43.2. The highest BCUT2D eigenvalue weighted by Crippen LogP contribution is 2.37. The molecule has 1 atom stereocenters. The smallest absolute Gasteiger partial charge is 0.255 e. The molecule has 10 heteroatoms. The van der Waals surface area contributed by atoms with Crippen LogP contribution in [0, 0.1) is 0 Å². The van der Waals surface area contributed by atoms with Crippen LogP contribution in [0.5, 0.6) is 5.75 Å². The Morgan fingerprint density at radius 2 is 1.87 bits per heavy atom. The van der Waals surface area contributed by atoms with Gasteiger partial charge in [0.15, 0.2) is 0 Å². The molecule has 0 unspecified atom stereocenters. The molecule has 8 nitrogen and oxygen atoms in total. The summed E-state index contributed by atoms with van der Waals surface area (Å²) in [5.74, 6) is 0.147. The summed E-state index contributed by atoms with van der Waals surface area (Å²) in [6, 6.07) is 11.2. The van der Waals surface area contributed by atoms with Gasteiger partial charge >= 0.3 is 0 Å². The van der Waals surface area contributed by atoms with Crippen LogP contribution in [0.2, 0.25) is 10.0 Å². The van der Waals surface area contributed by atoms with E-state index in [4.69, 9.17) is 27.9 Å². The maximum Gasteiger partial charge on any atom is 0.255 e. The van der Waals surface area contributed by atoms with Crippen LogP contribution < -0.4 is 15.0 Å². The van der Waals surface area contributed by atoms with Gasteiger partial charge in [0.25, 0.3) is 5.91 Å². The number of rotatable bonds is 11. The second-order valence-electron chi connectivity index (χ2n) is 9.84. The zero-order valence-corrected chi connectivity index (χ0v) is 23.4. The number of carbonyl (C=O) groups excluding carboxylic acids is 3. The van der Waals surface area contributed by atoms with Crippen LogP contribution in [0.1, 0.15) is 42.1 Å². The van der Waals surface area contributed by atoms with Gasteiger partial charge in [-0.2, -0.15) is 0 Å². The van der Waals surface area contributed by atoms with Crippen LogP contribution in [-0.2, 0) is 16.1 Å². The van der Waals surface area contributed by atoms with Crippen molar-refractivity contribution < 1.29 is 19.1 Å². The lowest BCUT2D eigenvalue weighted by Gasteiger charge is -2.36. The van der Waals surface area contributed by atoms with Crippen molar-refractivity contribution in [1.29, 1.82) is 0 Å². The minimum absolute atomic E-state index is 0.188. The number of aldehydes is 1. The van der Waals surface area contributed by atoms with Gasteiger partial charge in [0.1, 0.15) is 17.6 Å². The second-order valence-corrected chi connectivity index (χ2v) is 10.6. The number of nitrogens with zero attached hydrogens (tertiary/aromatic N) is 3. The average Bonchev–Trinajstić information content (AvgIpc) is 3.28. The number of fused-ring (bicyclic) bond motifs is 1. The average molecular weight is 562 g/mol. The zero-order valence-electron chi connectivity index (χ0n) is 21.8. The van der Waals surface area contributed by atoms with Gasteiger partial charge in [0.2, 0.25) is 5.91 Å². The lowest BCUT2D eigenvalue weighted by Crippen LogP contribution is -2.56. The topological polar surface area (TPSA) is 82.2 Å². The van der Waals surface area contributed by atoms with E-state index < -0.39 is 5.54 Å². The highest BCUT2D eigenvalue weighted by Gasteiger charge is 2.45. The molecule has 1 fully saturated rings. The van der Waals surface area contributed by atoms with Gasteiger partial charge in [-0.1, -0.05) is 35.3 Å². The SMILES string of the molecule is CNC(=O)[C@](C)(CCC=O)N1Cc2c(OCCCN3CCN(c4cccc(Cl)c4Cl)CC3)cccc2C1=O. The summed E-state index contributed by atoms with van der Waals surface area (Å²) < 4.78 is 6.13. The second kappa shape index (κ2) is 12.4. The van der Waals surface area contributed by atoms with E-state index in [-0.39, 0.29) is 31.2 Å². The summed E-state index contributed by atoms with van der Waals surface area (Å²) in [5.41, 5.74) is 1.17. The Hall–Kier alpha value is -2.81. The van der Waals surface area contributed by atoms with Gasteiger partial charge in [-0.05, 0) is 44.0 Å². The Kier molecular flexibility index (Phi) is 9.18. The fourth-order valence-corrected chi connectivity index (χ4v) is 5.65. The summed E-state index contributed by atoms with van der Waals surface area (Å²) in [6.07, 6.45) is 2.06. The number of halogens is 2. The van der Waals surface area contributed by atoms with Crippen molar-refractivity contribution >= 4 is 47.0 Å². The van der Waals surface area contributed by atoms with Crippen LogP contribution in [0.15, 0.2) is 36.4 Å². The van der Waals surface area contributed by atoms with Gasteiger partial charge in [0.05, 0.1) is 28.9 Å². The largest absolute Gasteiger partial charge is 0.493 e. The molecular weight excluding hydrogens is 527 g/mol. The van der Waals surface area contributed by atoms with Gasteiger partial charge < -0.3 is 24.6 Å².